The predicted molar refractivity (Wildman–Crippen MR) is 112 cm³/mol. The molecule has 0 radical (unpaired) electrons. The van der Waals surface area contributed by atoms with E-state index in [0.29, 0.717) is 5.91 Å². The smallest absolute Gasteiger partial charge is 0.225 e. The van der Waals surface area contributed by atoms with E-state index >= 15 is 0 Å². The van der Waals surface area contributed by atoms with Crippen LogP contribution >= 0.6 is 11.6 Å². The van der Waals surface area contributed by atoms with Gasteiger partial charge in [0.1, 0.15) is 0 Å². The normalized spacial score (nSPS) is 16.5. The maximum Gasteiger partial charge on any atom is 0.225 e. The number of nitrogens with zero attached hydrogens (tertiary/aromatic N) is 2. The minimum atomic E-state index is 0.165. The topological polar surface area (TPSA) is 23.6 Å². The molecule has 3 rings (SSSR count). The van der Waals surface area contributed by atoms with Crippen LogP contribution in [0.5, 0.6) is 0 Å². The van der Waals surface area contributed by atoms with Crippen molar-refractivity contribution in [2.75, 3.05) is 26.2 Å². The molecule has 1 saturated heterocycles. The molecule has 1 heterocycles. The van der Waals surface area contributed by atoms with Crippen molar-refractivity contribution >= 4 is 17.5 Å². The van der Waals surface area contributed by atoms with Gasteiger partial charge in [0.05, 0.1) is 6.04 Å². The standard InChI is InChI=1S/C23H29ClN2O/c1-3-18(4-2)23(27)26-16-14-25(15-17-26)22(19-8-6-5-7-9-19)20-10-12-21(24)13-11-20/h5-13,18,22H,3-4,14-17H2,1-2H3/t22-/m1/s1. The summed E-state index contributed by atoms with van der Waals surface area (Å²) < 4.78 is 0. The van der Waals surface area contributed by atoms with Gasteiger partial charge in [-0.15, -0.1) is 0 Å². The summed E-state index contributed by atoms with van der Waals surface area (Å²) in [6.07, 6.45) is 1.85. The number of hydrogen-bond donors (Lipinski definition) is 0. The van der Waals surface area contributed by atoms with Crippen LogP contribution in [-0.2, 0) is 4.79 Å². The Morgan fingerprint density at radius 1 is 0.889 bits per heavy atom. The summed E-state index contributed by atoms with van der Waals surface area (Å²) >= 11 is 6.10. The molecule has 0 unspecified atom stereocenters. The fourth-order valence-corrected chi connectivity index (χ4v) is 4.12. The predicted octanol–water partition coefficient (Wildman–Crippen LogP) is 5.01. The molecule has 2 aromatic rings. The largest absolute Gasteiger partial charge is 0.340 e. The number of piperazine rings is 1. The van der Waals surface area contributed by atoms with E-state index in [-0.39, 0.29) is 12.0 Å². The van der Waals surface area contributed by atoms with Crippen molar-refractivity contribution in [3.05, 3.63) is 70.7 Å². The second-order valence-electron chi connectivity index (χ2n) is 7.24. The van der Waals surface area contributed by atoms with Crippen LogP contribution in [0.25, 0.3) is 0 Å². The maximum atomic E-state index is 12.7. The van der Waals surface area contributed by atoms with E-state index in [1.807, 2.05) is 12.1 Å². The van der Waals surface area contributed by atoms with Gasteiger partial charge in [-0.2, -0.15) is 0 Å². The molecule has 1 fully saturated rings. The average Bonchev–Trinajstić information content (AvgIpc) is 2.72. The molecule has 1 amide bonds. The number of hydrogen-bond acceptors (Lipinski definition) is 2. The van der Waals surface area contributed by atoms with E-state index in [1.54, 1.807) is 0 Å². The Bertz CT molecular complexity index is 720. The van der Waals surface area contributed by atoms with E-state index < -0.39 is 0 Å². The van der Waals surface area contributed by atoms with Gasteiger partial charge in [0.25, 0.3) is 0 Å². The van der Waals surface area contributed by atoms with Gasteiger partial charge in [0.2, 0.25) is 5.91 Å². The first-order valence-electron chi connectivity index (χ1n) is 9.97. The molecular formula is C23H29ClN2O. The summed E-state index contributed by atoms with van der Waals surface area (Å²) in [5.41, 5.74) is 2.52. The highest BCUT2D eigenvalue weighted by molar-refractivity contribution is 6.30. The van der Waals surface area contributed by atoms with Crippen molar-refractivity contribution in [1.29, 1.82) is 0 Å². The third-order valence-electron chi connectivity index (χ3n) is 5.63. The molecule has 2 aromatic carbocycles. The van der Waals surface area contributed by atoms with Crippen LogP contribution in [-0.4, -0.2) is 41.9 Å². The van der Waals surface area contributed by atoms with Gasteiger partial charge in [-0.3, -0.25) is 9.69 Å². The second kappa shape index (κ2) is 9.38. The monoisotopic (exact) mass is 384 g/mol. The summed E-state index contributed by atoms with van der Waals surface area (Å²) in [5.74, 6) is 0.486. The van der Waals surface area contributed by atoms with Gasteiger partial charge in [-0.25, -0.2) is 0 Å². The molecule has 1 aliphatic rings. The molecule has 1 aliphatic heterocycles. The van der Waals surface area contributed by atoms with Gasteiger partial charge in [0, 0.05) is 37.1 Å². The SMILES string of the molecule is CCC(CC)C(=O)N1CCN([C@H](c2ccccc2)c2ccc(Cl)cc2)CC1. The number of amides is 1. The first-order valence-corrected chi connectivity index (χ1v) is 10.3. The molecule has 27 heavy (non-hydrogen) atoms. The number of carbonyl (C=O) groups excluding carboxylic acids is 1. The fourth-order valence-electron chi connectivity index (χ4n) is 3.99. The van der Waals surface area contributed by atoms with E-state index in [1.165, 1.54) is 11.1 Å². The first kappa shape index (κ1) is 19.9. The highest BCUT2D eigenvalue weighted by atomic mass is 35.5. The third kappa shape index (κ3) is 4.72. The first-order chi connectivity index (χ1) is 13.1. The number of carbonyl (C=O) groups is 1. The summed E-state index contributed by atoms with van der Waals surface area (Å²) in [7, 11) is 0. The van der Waals surface area contributed by atoms with Gasteiger partial charge in [-0.1, -0.05) is 67.9 Å². The van der Waals surface area contributed by atoms with E-state index in [0.717, 1.165) is 44.0 Å². The summed E-state index contributed by atoms with van der Waals surface area (Å²) in [5, 5.41) is 0.756. The van der Waals surface area contributed by atoms with E-state index in [9.17, 15) is 4.79 Å². The number of benzene rings is 2. The highest BCUT2D eigenvalue weighted by Crippen LogP contribution is 2.30. The lowest BCUT2D eigenvalue weighted by molar-refractivity contribution is -0.137. The van der Waals surface area contributed by atoms with Crippen LogP contribution in [0.3, 0.4) is 0 Å². The molecule has 0 spiro atoms. The Balaban J connectivity index is 1.77. The minimum absolute atomic E-state index is 0.165. The fraction of sp³-hybridized carbons (Fsp3) is 0.435. The minimum Gasteiger partial charge on any atom is -0.340 e. The molecule has 0 bridgehead atoms. The Kier molecular flexibility index (Phi) is 6.92. The molecular weight excluding hydrogens is 356 g/mol. The van der Waals surface area contributed by atoms with Crippen molar-refractivity contribution in [2.45, 2.75) is 32.7 Å². The molecule has 1 atom stereocenters. The lowest BCUT2D eigenvalue weighted by atomic mass is 9.96. The summed E-state index contributed by atoms with van der Waals surface area (Å²) in [6, 6.07) is 18.9. The van der Waals surface area contributed by atoms with Crippen molar-refractivity contribution in [2.24, 2.45) is 5.92 Å². The lowest BCUT2D eigenvalue weighted by Crippen LogP contribution is -2.51. The third-order valence-corrected chi connectivity index (χ3v) is 5.88. The van der Waals surface area contributed by atoms with E-state index in [2.05, 4.69) is 66.1 Å². The van der Waals surface area contributed by atoms with Crippen LogP contribution in [0.15, 0.2) is 54.6 Å². The molecule has 0 saturated carbocycles. The maximum absolute atomic E-state index is 12.7. The van der Waals surface area contributed by atoms with Gasteiger partial charge < -0.3 is 4.90 Å². The highest BCUT2D eigenvalue weighted by Gasteiger charge is 2.29. The van der Waals surface area contributed by atoms with Gasteiger partial charge >= 0.3 is 0 Å². The quantitative estimate of drug-likeness (QED) is 0.698. The molecule has 0 aliphatic carbocycles. The average molecular weight is 385 g/mol. The van der Waals surface area contributed by atoms with Crippen LogP contribution in [0.2, 0.25) is 5.02 Å². The Morgan fingerprint density at radius 2 is 1.44 bits per heavy atom. The van der Waals surface area contributed by atoms with Gasteiger partial charge in [-0.05, 0) is 36.1 Å². The van der Waals surface area contributed by atoms with Crippen LogP contribution < -0.4 is 0 Å². The number of rotatable bonds is 6. The zero-order chi connectivity index (χ0) is 19.2. The van der Waals surface area contributed by atoms with Crippen LogP contribution in [0.1, 0.15) is 43.9 Å². The molecule has 0 N–H and O–H groups in total. The molecule has 144 valence electrons. The van der Waals surface area contributed by atoms with Crippen molar-refractivity contribution in [3.8, 4) is 0 Å². The zero-order valence-electron chi connectivity index (χ0n) is 16.3. The molecule has 3 nitrogen and oxygen atoms in total. The summed E-state index contributed by atoms with van der Waals surface area (Å²) in [4.78, 5) is 17.2. The summed E-state index contributed by atoms with van der Waals surface area (Å²) in [6.45, 7) is 7.57. The molecule has 4 heteroatoms. The Morgan fingerprint density at radius 3 is 2.00 bits per heavy atom. The Hall–Kier alpha value is -1.84. The molecule has 0 aromatic heterocycles. The van der Waals surface area contributed by atoms with Gasteiger partial charge in [0.15, 0.2) is 0 Å². The second-order valence-corrected chi connectivity index (χ2v) is 7.68. The number of halogens is 1. The lowest BCUT2D eigenvalue weighted by Gasteiger charge is -2.40. The van der Waals surface area contributed by atoms with Crippen LogP contribution in [0, 0.1) is 5.92 Å². The van der Waals surface area contributed by atoms with Crippen molar-refractivity contribution in [3.63, 3.8) is 0 Å². The van der Waals surface area contributed by atoms with E-state index in [4.69, 9.17) is 11.6 Å². The van der Waals surface area contributed by atoms with Crippen molar-refractivity contribution < 1.29 is 4.79 Å². The van der Waals surface area contributed by atoms with Crippen LogP contribution in [0.4, 0.5) is 0 Å². The van der Waals surface area contributed by atoms with Crippen molar-refractivity contribution in [1.82, 2.24) is 9.80 Å². The Labute approximate surface area is 167 Å². The zero-order valence-corrected chi connectivity index (χ0v) is 17.0.